The molecule has 0 radical (unpaired) electrons. The van der Waals surface area contributed by atoms with Gasteiger partial charge in [-0.05, 0) is 18.2 Å². The fraction of sp³-hybridized carbons (Fsp3) is 0.316. The number of aromatic nitrogens is 1. The van der Waals surface area contributed by atoms with E-state index in [1.807, 2.05) is 4.90 Å². The highest BCUT2D eigenvalue weighted by molar-refractivity contribution is 5.92. The zero-order valence-corrected chi connectivity index (χ0v) is 15.3. The Balaban J connectivity index is 1.55. The van der Waals surface area contributed by atoms with Crippen molar-refractivity contribution in [3.05, 3.63) is 53.7 Å². The number of hydrogen-bond acceptors (Lipinski definition) is 5. The van der Waals surface area contributed by atoms with Crippen molar-refractivity contribution in [3.63, 3.8) is 0 Å². The quantitative estimate of drug-likeness (QED) is 0.868. The SMILES string of the molecule is COC(=O)N1CCN(c2ccc(NC(=O)Cc3cccc(F)c3F)cn2)CC1. The van der Waals surface area contributed by atoms with Gasteiger partial charge in [0, 0.05) is 31.7 Å². The lowest BCUT2D eigenvalue weighted by molar-refractivity contribution is -0.115. The van der Waals surface area contributed by atoms with Crippen molar-refractivity contribution in [1.29, 1.82) is 0 Å². The third-order valence-corrected chi connectivity index (χ3v) is 4.45. The Morgan fingerprint density at radius 2 is 1.89 bits per heavy atom. The maximum atomic E-state index is 13.7. The summed E-state index contributed by atoms with van der Waals surface area (Å²) in [5.41, 5.74) is 0.448. The number of methoxy groups -OCH3 is 1. The van der Waals surface area contributed by atoms with Crippen molar-refractivity contribution in [2.75, 3.05) is 43.5 Å². The molecule has 1 aliphatic heterocycles. The first-order valence-electron chi connectivity index (χ1n) is 8.74. The molecule has 7 nitrogen and oxygen atoms in total. The van der Waals surface area contributed by atoms with E-state index in [2.05, 4.69) is 10.3 Å². The molecular weight excluding hydrogens is 370 g/mol. The van der Waals surface area contributed by atoms with Crippen LogP contribution >= 0.6 is 0 Å². The van der Waals surface area contributed by atoms with Gasteiger partial charge in [-0.25, -0.2) is 18.6 Å². The second kappa shape index (κ2) is 8.64. The first-order chi connectivity index (χ1) is 13.5. The molecule has 0 atom stereocenters. The molecule has 1 fully saturated rings. The summed E-state index contributed by atoms with van der Waals surface area (Å²) in [4.78, 5) is 31.6. The van der Waals surface area contributed by atoms with E-state index in [4.69, 9.17) is 4.74 Å². The number of rotatable bonds is 4. The highest BCUT2D eigenvalue weighted by atomic mass is 19.2. The Morgan fingerprint density at radius 1 is 1.14 bits per heavy atom. The summed E-state index contributed by atoms with van der Waals surface area (Å²) in [5, 5.41) is 2.62. The van der Waals surface area contributed by atoms with E-state index in [-0.39, 0.29) is 18.1 Å². The molecule has 2 aromatic rings. The number of amides is 2. The summed E-state index contributed by atoms with van der Waals surface area (Å²) < 4.78 is 31.6. The molecule has 3 rings (SSSR count). The lowest BCUT2D eigenvalue weighted by atomic mass is 10.1. The second-order valence-electron chi connectivity index (χ2n) is 6.29. The van der Waals surface area contributed by atoms with Crippen molar-refractivity contribution in [2.45, 2.75) is 6.42 Å². The molecule has 0 unspecified atom stereocenters. The van der Waals surface area contributed by atoms with Gasteiger partial charge in [0.1, 0.15) is 5.82 Å². The van der Waals surface area contributed by atoms with Crippen molar-refractivity contribution >= 4 is 23.5 Å². The number of halogens is 2. The molecule has 1 aliphatic rings. The van der Waals surface area contributed by atoms with Crippen LogP contribution in [0.25, 0.3) is 0 Å². The van der Waals surface area contributed by atoms with Gasteiger partial charge in [-0.15, -0.1) is 0 Å². The van der Waals surface area contributed by atoms with Crippen LogP contribution in [-0.2, 0) is 16.0 Å². The number of pyridine rings is 1. The maximum absolute atomic E-state index is 13.7. The van der Waals surface area contributed by atoms with Crippen LogP contribution in [0.2, 0.25) is 0 Å². The number of piperazine rings is 1. The minimum absolute atomic E-state index is 0.00874. The zero-order valence-electron chi connectivity index (χ0n) is 15.3. The van der Waals surface area contributed by atoms with Crippen LogP contribution in [0.4, 0.5) is 25.1 Å². The third kappa shape index (κ3) is 4.54. The molecule has 0 bridgehead atoms. The van der Waals surface area contributed by atoms with Crippen molar-refractivity contribution in [3.8, 4) is 0 Å². The Morgan fingerprint density at radius 3 is 2.54 bits per heavy atom. The minimum atomic E-state index is -1.02. The van der Waals surface area contributed by atoms with Crippen LogP contribution in [-0.4, -0.2) is 55.2 Å². The normalized spacial score (nSPS) is 14.0. The lowest BCUT2D eigenvalue weighted by Crippen LogP contribution is -2.49. The number of anilines is 2. The van der Waals surface area contributed by atoms with Crippen LogP contribution in [0.1, 0.15) is 5.56 Å². The van der Waals surface area contributed by atoms with E-state index < -0.39 is 17.5 Å². The largest absolute Gasteiger partial charge is 0.453 e. The van der Waals surface area contributed by atoms with Crippen LogP contribution in [0.5, 0.6) is 0 Å². The van der Waals surface area contributed by atoms with Gasteiger partial charge in [0.25, 0.3) is 0 Å². The molecule has 1 aromatic carbocycles. The number of benzene rings is 1. The fourth-order valence-corrected chi connectivity index (χ4v) is 2.96. The molecule has 1 aromatic heterocycles. The third-order valence-electron chi connectivity index (χ3n) is 4.45. The van der Waals surface area contributed by atoms with Crippen molar-refractivity contribution in [2.24, 2.45) is 0 Å². The molecular formula is C19H20F2N4O3. The highest BCUT2D eigenvalue weighted by Gasteiger charge is 2.22. The van der Waals surface area contributed by atoms with Crippen LogP contribution in [0.15, 0.2) is 36.5 Å². The molecule has 0 saturated carbocycles. The monoisotopic (exact) mass is 390 g/mol. The molecule has 9 heteroatoms. The van der Waals surface area contributed by atoms with E-state index in [9.17, 15) is 18.4 Å². The summed E-state index contributed by atoms with van der Waals surface area (Å²) in [7, 11) is 1.35. The summed E-state index contributed by atoms with van der Waals surface area (Å²) in [6.07, 6.45) is 0.878. The number of hydrogen-bond donors (Lipinski definition) is 1. The molecule has 148 valence electrons. The topological polar surface area (TPSA) is 74.8 Å². The molecule has 0 spiro atoms. The van der Waals surface area contributed by atoms with Crippen LogP contribution in [0, 0.1) is 11.6 Å². The average molecular weight is 390 g/mol. The van der Waals surface area contributed by atoms with Gasteiger partial charge in [-0.1, -0.05) is 12.1 Å². The molecule has 2 amide bonds. The summed E-state index contributed by atoms with van der Waals surface area (Å²) >= 11 is 0. The van der Waals surface area contributed by atoms with Gasteiger partial charge >= 0.3 is 6.09 Å². The predicted octanol–water partition coefficient (Wildman–Crippen LogP) is 2.43. The Bertz CT molecular complexity index is 853. The van der Waals surface area contributed by atoms with E-state index in [0.29, 0.717) is 31.9 Å². The van der Waals surface area contributed by atoms with E-state index >= 15 is 0 Å². The first-order valence-corrected chi connectivity index (χ1v) is 8.74. The van der Waals surface area contributed by atoms with Crippen LogP contribution in [0.3, 0.4) is 0 Å². The van der Waals surface area contributed by atoms with Crippen molar-refractivity contribution < 1.29 is 23.1 Å². The van der Waals surface area contributed by atoms with Gasteiger partial charge in [0.05, 0.1) is 25.4 Å². The Labute approximate surface area is 160 Å². The summed E-state index contributed by atoms with van der Waals surface area (Å²) in [6, 6.07) is 7.18. The van der Waals surface area contributed by atoms with Crippen LogP contribution < -0.4 is 10.2 Å². The molecule has 0 aliphatic carbocycles. The van der Waals surface area contributed by atoms with Gasteiger partial charge in [0.2, 0.25) is 5.91 Å². The highest BCUT2D eigenvalue weighted by Crippen LogP contribution is 2.17. The number of ether oxygens (including phenoxy) is 1. The lowest BCUT2D eigenvalue weighted by Gasteiger charge is -2.34. The molecule has 1 N–H and O–H groups in total. The maximum Gasteiger partial charge on any atom is 0.409 e. The average Bonchev–Trinajstić information content (AvgIpc) is 2.71. The number of nitrogens with zero attached hydrogens (tertiary/aromatic N) is 3. The van der Waals surface area contributed by atoms with Gasteiger partial charge in [0.15, 0.2) is 11.6 Å². The number of carbonyl (C=O) groups is 2. The Kier molecular flexibility index (Phi) is 6.03. The van der Waals surface area contributed by atoms with E-state index in [1.54, 1.807) is 17.0 Å². The number of carbonyl (C=O) groups excluding carboxylic acids is 2. The van der Waals surface area contributed by atoms with Crippen molar-refractivity contribution in [1.82, 2.24) is 9.88 Å². The molecule has 2 heterocycles. The predicted molar refractivity (Wildman–Crippen MR) is 99.1 cm³/mol. The zero-order chi connectivity index (χ0) is 20.1. The Hall–Kier alpha value is -3.23. The minimum Gasteiger partial charge on any atom is -0.453 e. The molecule has 1 saturated heterocycles. The molecule has 28 heavy (non-hydrogen) atoms. The number of nitrogens with one attached hydrogen (secondary N) is 1. The first kappa shape index (κ1) is 19.5. The fourth-order valence-electron chi connectivity index (χ4n) is 2.96. The summed E-state index contributed by atoms with van der Waals surface area (Å²) in [6.45, 7) is 2.30. The van der Waals surface area contributed by atoms with E-state index in [0.717, 1.165) is 11.9 Å². The standard InChI is InChI=1S/C19H20F2N4O3/c1-28-19(27)25-9-7-24(8-10-25)16-6-5-14(12-22-16)23-17(26)11-13-3-2-4-15(20)18(13)21/h2-6,12H,7-11H2,1H3,(H,23,26). The summed E-state index contributed by atoms with van der Waals surface area (Å²) in [5.74, 6) is -1.75. The van der Waals surface area contributed by atoms with Gasteiger partial charge in [-0.2, -0.15) is 0 Å². The second-order valence-corrected chi connectivity index (χ2v) is 6.29. The van der Waals surface area contributed by atoms with Gasteiger partial charge < -0.3 is 19.9 Å². The van der Waals surface area contributed by atoms with E-state index in [1.165, 1.54) is 25.4 Å². The van der Waals surface area contributed by atoms with Gasteiger partial charge in [-0.3, -0.25) is 4.79 Å². The smallest absolute Gasteiger partial charge is 0.409 e.